The lowest BCUT2D eigenvalue weighted by atomic mass is 9.36. The van der Waals surface area contributed by atoms with Crippen molar-refractivity contribution in [2.45, 2.75) is 118 Å². The van der Waals surface area contributed by atoms with Crippen molar-refractivity contribution in [2.24, 2.45) is 33.5 Å². The Morgan fingerprint density at radius 1 is 0.833 bits per heavy atom. The monoisotopic (exact) mass is 330 g/mol. The van der Waals surface area contributed by atoms with Gasteiger partial charge in [-0.15, -0.1) is 0 Å². The first-order valence-corrected chi connectivity index (χ1v) is 11.4. The number of fused-ring (bicyclic) bond motifs is 3. The van der Waals surface area contributed by atoms with Gasteiger partial charge in [0, 0.05) is 0 Å². The molecule has 0 aliphatic heterocycles. The molecular formula is C24H42. The van der Waals surface area contributed by atoms with Gasteiger partial charge in [-0.25, -0.2) is 0 Å². The standard InChI is InChI=1S/C24H42/c1-5-21(4)12-8-15-24(16-9-14-23(24,18-21)19(2)3)22-13-7-6-10-20(22)11-17-22/h19-20H,5-18H2,1-4H3. The van der Waals surface area contributed by atoms with Crippen LogP contribution in [0.1, 0.15) is 118 Å². The predicted octanol–water partition coefficient (Wildman–Crippen LogP) is 7.76. The van der Waals surface area contributed by atoms with Gasteiger partial charge in [-0.1, -0.05) is 59.8 Å². The molecule has 5 atom stereocenters. The molecule has 4 aliphatic rings. The van der Waals surface area contributed by atoms with Gasteiger partial charge in [0.1, 0.15) is 0 Å². The van der Waals surface area contributed by atoms with Gasteiger partial charge in [-0.3, -0.25) is 0 Å². The Hall–Kier alpha value is 0. The minimum atomic E-state index is 0.612. The molecule has 4 saturated carbocycles. The lowest BCUT2D eigenvalue weighted by Gasteiger charge is -2.69. The topological polar surface area (TPSA) is 0 Å². The quantitative estimate of drug-likeness (QED) is 0.496. The Morgan fingerprint density at radius 2 is 1.58 bits per heavy atom. The van der Waals surface area contributed by atoms with Crippen LogP contribution in [0, 0.1) is 33.5 Å². The predicted molar refractivity (Wildman–Crippen MR) is 104 cm³/mol. The van der Waals surface area contributed by atoms with Crippen molar-refractivity contribution in [3.63, 3.8) is 0 Å². The van der Waals surface area contributed by atoms with Gasteiger partial charge >= 0.3 is 0 Å². The molecule has 4 rings (SSSR count). The van der Waals surface area contributed by atoms with Crippen LogP contribution in [0.5, 0.6) is 0 Å². The number of rotatable bonds is 3. The Kier molecular flexibility index (Phi) is 4.17. The zero-order valence-electron chi connectivity index (χ0n) is 17.1. The summed E-state index contributed by atoms with van der Waals surface area (Å²) in [4.78, 5) is 0. The van der Waals surface area contributed by atoms with E-state index in [2.05, 4.69) is 27.7 Å². The van der Waals surface area contributed by atoms with E-state index in [1.165, 1.54) is 38.5 Å². The van der Waals surface area contributed by atoms with Crippen LogP contribution in [0.4, 0.5) is 0 Å². The summed E-state index contributed by atoms with van der Waals surface area (Å²) in [5, 5.41) is 0. The van der Waals surface area contributed by atoms with E-state index in [9.17, 15) is 0 Å². The summed E-state index contributed by atoms with van der Waals surface area (Å²) in [6.45, 7) is 10.3. The van der Waals surface area contributed by atoms with Crippen LogP contribution in [0.15, 0.2) is 0 Å². The molecule has 24 heavy (non-hydrogen) atoms. The van der Waals surface area contributed by atoms with Crippen LogP contribution in [0.3, 0.4) is 0 Å². The number of hydrogen-bond donors (Lipinski definition) is 0. The molecular weight excluding hydrogens is 288 g/mol. The fourth-order valence-electron chi connectivity index (χ4n) is 8.98. The van der Waals surface area contributed by atoms with Gasteiger partial charge in [0.05, 0.1) is 0 Å². The fraction of sp³-hybridized carbons (Fsp3) is 1.00. The molecule has 0 aromatic rings. The van der Waals surface area contributed by atoms with Crippen LogP contribution in [-0.2, 0) is 0 Å². The van der Waals surface area contributed by atoms with E-state index >= 15 is 0 Å². The average molecular weight is 331 g/mol. The van der Waals surface area contributed by atoms with Gasteiger partial charge in [-0.2, -0.15) is 0 Å². The van der Waals surface area contributed by atoms with Crippen molar-refractivity contribution in [1.82, 2.24) is 0 Å². The zero-order chi connectivity index (χ0) is 17.1. The zero-order valence-corrected chi connectivity index (χ0v) is 17.1. The lowest BCUT2D eigenvalue weighted by molar-refractivity contribution is -0.198. The molecule has 4 aliphatic carbocycles. The van der Waals surface area contributed by atoms with Crippen molar-refractivity contribution in [3.05, 3.63) is 0 Å². The molecule has 5 unspecified atom stereocenters. The minimum Gasteiger partial charge on any atom is -0.0649 e. The van der Waals surface area contributed by atoms with E-state index < -0.39 is 0 Å². The van der Waals surface area contributed by atoms with Crippen LogP contribution in [-0.4, -0.2) is 0 Å². The average Bonchev–Trinajstić information content (AvgIpc) is 2.83. The molecule has 0 heteroatoms. The van der Waals surface area contributed by atoms with E-state index in [0.717, 1.165) is 17.3 Å². The molecule has 4 fully saturated rings. The largest absolute Gasteiger partial charge is 0.0649 e. The smallest absolute Gasteiger partial charge is 0.0179 e. The van der Waals surface area contributed by atoms with Gasteiger partial charge in [0.15, 0.2) is 0 Å². The SMILES string of the molecule is CCC1(C)CCCC2(C34CCCCC3CC4)CCCC2(C(C)C)C1. The molecule has 0 aromatic carbocycles. The van der Waals surface area contributed by atoms with Crippen LogP contribution in [0.2, 0.25) is 0 Å². The van der Waals surface area contributed by atoms with Gasteiger partial charge < -0.3 is 0 Å². The highest BCUT2D eigenvalue weighted by molar-refractivity contribution is 5.19. The first kappa shape index (κ1) is 17.4. The fourth-order valence-corrected chi connectivity index (χ4v) is 8.98. The molecule has 0 aromatic heterocycles. The third kappa shape index (κ3) is 2.04. The normalized spacial score (nSPS) is 51.6. The van der Waals surface area contributed by atoms with Gasteiger partial charge in [-0.05, 0) is 91.3 Å². The molecule has 138 valence electrons. The third-order valence-corrected chi connectivity index (χ3v) is 10.4. The highest BCUT2D eigenvalue weighted by Crippen LogP contribution is 2.79. The van der Waals surface area contributed by atoms with Gasteiger partial charge in [0.25, 0.3) is 0 Å². The van der Waals surface area contributed by atoms with Crippen molar-refractivity contribution in [2.75, 3.05) is 0 Å². The summed E-state index contributed by atoms with van der Waals surface area (Å²) in [6, 6.07) is 0. The first-order valence-electron chi connectivity index (χ1n) is 11.4. The molecule has 0 N–H and O–H groups in total. The summed E-state index contributed by atoms with van der Waals surface area (Å²) in [5.41, 5.74) is 2.75. The third-order valence-electron chi connectivity index (χ3n) is 10.4. The highest BCUT2D eigenvalue weighted by Gasteiger charge is 2.70. The maximum Gasteiger partial charge on any atom is -0.0179 e. The van der Waals surface area contributed by atoms with E-state index in [0.29, 0.717) is 16.2 Å². The molecule has 0 amide bonds. The number of hydrogen-bond acceptors (Lipinski definition) is 0. The first-order chi connectivity index (χ1) is 11.4. The second-order valence-electron chi connectivity index (χ2n) is 11.1. The summed E-state index contributed by atoms with van der Waals surface area (Å²) in [6.07, 6.45) is 21.6. The molecule has 0 spiro atoms. The Balaban J connectivity index is 1.82. The second-order valence-corrected chi connectivity index (χ2v) is 11.1. The summed E-state index contributed by atoms with van der Waals surface area (Å²) < 4.78 is 0. The Morgan fingerprint density at radius 3 is 2.17 bits per heavy atom. The maximum atomic E-state index is 2.64. The lowest BCUT2D eigenvalue weighted by Crippen LogP contribution is -2.61. The van der Waals surface area contributed by atoms with E-state index in [1.54, 1.807) is 51.4 Å². The molecule has 0 heterocycles. The summed E-state index contributed by atoms with van der Waals surface area (Å²) >= 11 is 0. The van der Waals surface area contributed by atoms with E-state index in [1.807, 2.05) is 0 Å². The Bertz CT molecular complexity index is 478. The van der Waals surface area contributed by atoms with Gasteiger partial charge in [0.2, 0.25) is 0 Å². The van der Waals surface area contributed by atoms with E-state index in [-0.39, 0.29) is 0 Å². The van der Waals surface area contributed by atoms with Crippen LogP contribution in [0.25, 0.3) is 0 Å². The van der Waals surface area contributed by atoms with Crippen LogP contribution < -0.4 is 0 Å². The maximum absolute atomic E-state index is 2.64. The molecule has 0 radical (unpaired) electrons. The molecule has 0 bridgehead atoms. The van der Waals surface area contributed by atoms with E-state index in [4.69, 9.17) is 0 Å². The Labute approximate surface area is 151 Å². The summed E-state index contributed by atoms with van der Waals surface area (Å²) in [7, 11) is 0. The van der Waals surface area contributed by atoms with Crippen LogP contribution >= 0.6 is 0 Å². The van der Waals surface area contributed by atoms with Crippen molar-refractivity contribution < 1.29 is 0 Å². The van der Waals surface area contributed by atoms with Crippen molar-refractivity contribution in [3.8, 4) is 0 Å². The van der Waals surface area contributed by atoms with Crippen molar-refractivity contribution in [1.29, 1.82) is 0 Å². The second kappa shape index (κ2) is 5.75. The highest BCUT2D eigenvalue weighted by atomic mass is 14.7. The minimum absolute atomic E-state index is 0.612. The summed E-state index contributed by atoms with van der Waals surface area (Å²) in [5.74, 6) is 1.98. The van der Waals surface area contributed by atoms with Crippen molar-refractivity contribution >= 4 is 0 Å². The molecule has 0 nitrogen and oxygen atoms in total. The molecule has 0 saturated heterocycles.